The Balaban J connectivity index is 0.000000170. The number of carbonyl (C=O) groups excluding carboxylic acids is 3. The van der Waals surface area contributed by atoms with Crippen molar-refractivity contribution < 1.29 is 43.2 Å². The molecule has 2 saturated heterocycles. The maximum atomic E-state index is 12.8. The van der Waals surface area contributed by atoms with E-state index in [0.29, 0.717) is 47.0 Å². The van der Waals surface area contributed by atoms with Crippen molar-refractivity contribution in [3.63, 3.8) is 0 Å². The lowest BCUT2D eigenvalue weighted by atomic mass is 9.76. The molecule has 0 aromatic heterocycles. The number of nitrogens with zero attached hydrogens (tertiary/aromatic N) is 2. The van der Waals surface area contributed by atoms with Crippen molar-refractivity contribution in [3.8, 4) is 11.5 Å². The fourth-order valence-corrected chi connectivity index (χ4v) is 10.8. The van der Waals surface area contributed by atoms with E-state index < -0.39 is 11.9 Å². The lowest BCUT2D eigenvalue weighted by Crippen LogP contribution is -2.54. The zero-order valence-corrected chi connectivity index (χ0v) is 43.6. The topological polar surface area (TPSA) is 194 Å². The molecule has 3 amide bonds. The van der Waals surface area contributed by atoms with Crippen LogP contribution >= 0.6 is 0 Å². The van der Waals surface area contributed by atoms with Crippen LogP contribution in [0.15, 0.2) is 146 Å². The van der Waals surface area contributed by atoms with Gasteiger partial charge in [0.05, 0.1) is 44.1 Å². The molecule has 75 heavy (non-hydrogen) atoms. The van der Waals surface area contributed by atoms with Crippen LogP contribution < -0.4 is 31.6 Å². The van der Waals surface area contributed by atoms with Crippen LogP contribution in [0.5, 0.6) is 11.5 Å². The monoisotopic (exact) mass is 1020 g/mol. The van der Waals surface area contributed by atoms with Crippen LogP contribution in [0.25, 0.3) is 0 Å². The Morgan fingerprint density at radius 2 is 0.920 bits per heavy atom. The molecule has 0 bridgehead atoms. The molecule has 2 fully saturated rings. The van der Waals surface area contributed by atoms with Gasteiger partial charge in [0, 0.05) is 29.8 Å². The minimum atomic E-state index is -0.857. The van der Waals surface area contributed by atoms with Crippen LogP contribution in [0.3, 0.4) is 0 Å². The SMILES string of the molecule is CC1(C)OCC2(CCc3cc(C(=O)O)ccc3C2)N1Cc1ccccc1.COc1ccc(C(=O)NN)cc1.COc1ccc(C(=O)NNC(=O)c2ccc3c(c2)CCC2(COC(C)(C)N2Cc2ccccc2)C3)cc1. The van der Waals surface area contributed by atoms with Crippen molar-refractivity contribution in [2.45, 2.75) is 102 Å². The minimum absolute atomic E-state index is 0.0307. The summed E-state index contributed by atoms with van der Waals surface area (Å²) in [6.07, 6.45) is 5.46. The molecule has 4 aliphatic rings. The molecule has 2 atom stereocenters. The lowest BCUT2D eigenvalue weighted by Gasteiger charge is -2.45. The van der Waals surface area contributed by atoms with Crippen molar-refractivity contribution in [3.05, 3.63) is 201 Å². The number of carbonyl (C=O) groups is 4. The molecule has 6 aromatic carbocycles. The molecule has 15 nitrogen and oxygen atoms in total. The van der Waals surface area contributed by atoms with E-state index in [1.165, 1.54) is 33.4 Å². The molecule has 10 rings (SSSR count). The summed E-state index contributed by atoms with van der Waals surface area (Å²) < 4.78 is 22.6. The van der Waals surface area contributed by atoms with Crippen molar-refractivity contribution in [2.24, 2.45) is 5.84 Å². The number of rotatable bonds is 10. The summed E-state index contributed by atoms with van der Waals surface area (Å²) in [5, 5.41) is 9.24. The quantitative estimate of drug-likeness (QED) is 0.0500. The van der Waals surface area contributed by atoms with Crippen LogP contribution in [0, 0.1) is 0 Å². The number of aryl methyl sites for hydroxylation is 2. The number of ether oxygens (including phenoxy) is 4. The number of nitrogens with one attached hydrogen (secondary N) is 3. The number of methoxy groups -OCH3 is 2. The molecule has 15 heteroatoms. The number of hydrogen-bond donors (Lipinski definition) is 5. The number of nitrogens with two attached hydrogens (primary N) is 1. The number of hydrazine groups is 2. The fraction of sp³-hybridized carbons (Fsp3) is 0.333. The largest absolute Gasteiger partial charge is 0.497 e. The summed E-state index contributed by atoms with van der Waals surface area (Å²) in [5.41, 5.74) is 15.5. The van der Waals surface area contributed by atoms with Gasteiger partial charge in [-0.15, -0.1) is 0 Å². The first-order valence-corrected chi connectivity index (χ1v) is 25.2. The van der Waals surface area contributed by atoms with E-state index in [1.807, 2.05) is 47.9 Å². The molecule has 392 valence electrons. The van der Waals surface area contributed by atoms with Crippen LogP contribution in [-0.2, 0) is 48.2 Å². The highest BCUT2D eigenvalue weighted by Gasteiger charge is 2.53. The highest BCUT2D eigenvalue weighted by atomic mass is 16.5. The van der Waals surface area contributed by atoms with Crippen molar-refractivity contribution >= 4 is 23.7 Å². The number of benzene rings is 6. The third-order valence-corrected chi connectivity index (χ3v) is 15.0. The molecule has 2 unspecified atom stereocenters. The van der Waals surface area contributed by atoms with Gasteiger partial charge >= 0.3 is 5.97 Å². The Hall–Kier alpha value is -7.40. The molecule has 2 aliphatic heterocycles. The van der Waals surface area contributed by atoms with E-state index in [0.717, 1.165) is 51.6 Å². The minimum Gasteiger partial charge on any atom is -0.497 e. The van der Waals surface area contributed by atoms with E-state index in [9.17, 15) is 24.3 Å². The molecule has 6 N–H and O–H groups in total. The van der Waals surface area contributed by atoms with Crippen molar-refractivity contribution in [1.29, 1.82) is 0 Å². The van der Waals surface area contributed by atoms with E-state index in [2.05, 4.69) is 96.9 Å². The smallest absolute Gasteiger partial charge is 0.335 e. The first-order valence-electron chi connectivity index (χ1n) is 25.2. The van der Waals surface area contributed by atoms with Gasteiger partial charge in [-0.25, -0.2) is 10.6 Å². The number of carboxylic acid groups (broad SMARTS) is 1. The number of amides is 3. The molecule has 0 radical (unpaired) electrons. The summed E-state index contributed by atoms with van der Waals surface area (Å²) in [6, 6.07) is 45.8. The summed E-state index contributed by atoms with van der Waals surface area (Å²) in [4.78, 5) is 52.4. The van der Waals surface area contributed by atoms with E-state index in [4.69, 9.17) is 24.8 Å². The van der Waals surface area contributed by atoms with Gasteiger partial charge in [0.1, 0.15) is 22.9 Å². The summed E-state index contributed by atoms with van der Waals surface area (Å²) >= 11 is 0. The van der Waals surface area contributed by atoms with Crippen LogP contribution in [-0.4, -0.2) is 88.6 Å². The Bertz CT molecular complexity index is 2970. The van der Waals surface area contributed by atoms with Gasteiger partial charge in [0.15, 0.2) is 0 Å². The number of carboxylic acids is 1. The van der Waals surface area contributed by atoms with Gasteiger partial charge in [-0.3, -0.25) is 40.5 Å². The van der Waals surface area contributed by atoms with Gasteiger partial charge in [-0.2, -0.15) is 0 Å². The zero-order valence-electron chi connectivity index (χ0n) is 43.6. The number of aromatic carboxylic acids is 1. The average Bonchev–Trinajstić information content (AvgIpc) is 3.82. The Morgan fingerprint density at radius 3 is 1.33 bits per heavy atom. The lowest BCUT2D eigenvalue weighted by molar-refractivity contribution is -0.0676. The van der Waals surface area contributed by atoms with E-state index in [1.54, 1.807) is 68.8 Å². The second kappa shape index (κ2) is 23.0. The highest BCUT2D eigenvalue weighted by molar-refractivity contribution is 5.99. The predicted octanol–water partition coefficient (Wildman–Crippen LogP) is 8.45. The molecule has 0 saturated carbocycles. The number of hydrogen-bond acceptors (Lipinski definition) is 11. The molecule has 2 heterocycles. The van der Waals surface area contributed by atoms with Gasteiger partial charge in [0.25, 0.3) is 17.7 Å². The number of fused-ring (bicyclic) bond motifs is 2. The van der Waals surface area contributed by atoms with Gasteiger partial charge in [0.2, 0.25) is 0 Å². The standard InChI is InChI=1S/C30H33N3O4.C22H25NO3.C8H10N2O2/c1-29(2)33(19-21-7-5-4-6-8-21)30(20-37-29)16-15-23-17-24(9-10-25(23)18-30)28(35)32-31-27(34)22-11-13-26(36-3)14-12-22;1-21(2)23(14-16-6-4-3-5-7-16)22(15-26-21)11-10-17-12-18(20(24)25)8-9-19(17)13-22;1-12-7-4-2-6(3-5-7)8(11)10-9/h4-14,17H,15-16,18-20H2,1-3H3,(H,31,34)(H,32,35);3-9,12H,10-11,13-15H2,1-2H3,(H,24,25);2-5H,9H2,1H3,(H,10,11). The summed E-state index contributed by atoms with van der Waals surface area (Å²) in [6.45, 7) is 11.7. The normalized spacial score (nSPS) is 20.0. The summed E-state index contributed by atoms with van der Waals surface area (Å²) in [7, 11) is 3.13. The third-order valence-electron chi connectivity index (χ3n) is 15.0. The molecule has 6 aromatic rings. The summed E-state index contributed by atoms with van der Waals surface area (Å²) in [5.74, 6) is 4.41. The fourth-order valence-electron chi connectivity index (χ4n) is 10.8. The van der Waals surface area contributed by atoms with Crippen LogP contribution in [0.2, 0.25) is 0 Å². The van der Waals surface area contributed by atoms with Gasteiger partial charge in [-0.05, 0) is 172 Å². The zero-order chi connectivity index (χ0) is 53.4. The van der Waals surface area contributed by atoms with Gasteiger partial charge in [-0.1, -0.05) is 72.8 Å². The molecular weight excluding hydrogens is 949 g/mol. The van der Waals surface area contributed by atoms with Crippen molar-refractivity contribution in [1.82, 2.24) is 26.1 Å². The Kier molecular flexibility index (Phi) is 16.5. The van der Waals surface area contributed by atoms with Gasteiger partial charge < -0.3 is 24.1 Å². The van der Waals surface area contributed by atoms with Crippen molar-refractivity contribution in [2.75, 3.05) is 27.4 Å². The third kappa shape index (κ3) is 12.4. The molecular formula is C60H68N6O9. The molecule has 2 spiro atoms. The maximum Gasteiger partial charge on any atom is 0.335 e. The first-order chi connectivity index (χ1) is 36.0. The maximum absolute atomic E-state index is 12.8. The van der Waals surface area contributed by atoms with Crippen LogP contribution in [0.1, 0.15) is 115 Å². The second-order valence-corrected chi connectivity index (χ2v) is 20.5. The second-order valence-electron chi connectivity index (χ2n) is 20.5. The highest BCUT2D eigenvalue weighted by Crippen LogP contribution is 2.46. The first kappa shape index (κ1) is 53.9. The van der Waals surface area contributed by atoms with Crippen LogP contribution in [0.4, 0.5) is 0 Å². The van der Waals surface area contributed by atoms with E-state index >= 15 is 0 Å². The number of nitrogen functional groups attached to an aromatic ring is 1. The average molecular weight is 1020 g/mol. The predicted molar refractivity (Wildman–Crippen MR) is 286 cm³/mol. The Labute approximate surface area is 439 Å². The molecule has 2 aliphatic carbocycles. The van der Waals surface area contributed by atoms with E-state index in [-0.39, 0.29) is 34.3 Å². The Morgan fingerprint density at radius 1 is 0.533 bits per heavy atom.